The molecular formula is C17H19N. The molecule has 1 nitrogen and oxygen atoms in total. The topological polar surface area (TPSA) is 12.0 Å². The first-order valence-electron chi connectivity index (χ1n) is 6.29. The lowest BCUT2D eigenvalue weighted by atomic mass is 10.1. The minimum absolute atomic E-state index is 0.340. The van der Waals surface area contributed by atoms with E-state index in [0.29, 0.717) is 6.04 Å². The van der Waals surface area contributed by atoms with Crippen molar-refractivity contribution in [2.24, 2.45) is 0 Å². The van der Waals surface area contributed by atoms with E-state index in [2.05, 4.69) is 55.2 Å². The van der Waals surface area contributed by atoms with Crippen molar-refractivity contribution in [3.05, 3.63) is 78.4 Å². The summed E-state index contributed by atoms with van der Waals surface area (Å²) in [7, 11) is 0. The Morgan fingerprint density at radius 2 is 1.56 bits per heavy atom. The highest BCUT2D eigenvalue weighted by molar-refractivity contribution is 5.64. The molecule has 0 heterocycles. The molecule has 0 spiro atoms. The van der Waals surface area contributed by atoms with Crippen molar-refractivity contribution in [1.82, 2.24) is 5.32 Å². The zero-order valence-electron chi connectivity index (χ0n) is 10.8. The average Bonchev–Trinajstić information content (AvgIpc) is 2.46. The van der Waals surface area contributed by atoms with Crippen molar-refractivity contribution < 1.29 is 0 Å². The van der Waals surface area contributed by atoms with E-state index >= 15 is 0 Å². The molecule has 0 bridgehead atoms. The Kier molecular flexibility index (Phi) is 4.32. The van der Waals surface area contributed by atoms with Crippen LogP contribution in [0.1, 0.15) is 24.1 Å². The second-order valence-electron chi connectivity index (χ2n) is 4.48. The molecule has 0 unspecified atom stereocenters. The van der Waals surface area contributed by atoms with Gasteiger partial charge in [0.1, 0.15) is 0 Å². The van der Waals surface area contributed by atoms with Gasteiger partial charge in [-0.25, -0.2) is 0 Å². The summed E-state index contributed by atoms with van der Waals surface area (Å²) in [4.78, 5) is 0. The first kappa shape index (κ1) is 12.6. The van der Waals surface area contributed by atoms with Gasteiger partial charge in [0.25, 0.3) is 0 Å². The summed E-state index contributed by atoms with van der Waals surface area (Å²) in [6.07, 6.45) is 0. The van der Waals surface area contributed by atoms with Crippen LogP contribution in [0, 0.1) is 0 Å². The molecule has 0 aliphatic carbocycles. The van der Waals surface area contributed by atoms with Crippen LogP contribution in [-0.4, -0.2) is 6.54 Å². The van der Waals surface area contributed by atoms with Crippen LogP contribution >= 0.6 is 0 Å². The lowest BCUT2D eigenvalue weighted by Crippen LogP contribution is -2.20. The Morgan fingerprint density at radius 3 is 2.17 bits per heavy atom. The molecule has 2 rings (SSSR count). The first-order chi connectivity index (χ1) is 8.77. The van der Waals surface area contributed by atoms with Crippen molar-refractivity contribution in [3.63, 3.8) is 0 Å². The Bertz CT molecular complexity index is 488. The number of benzene rings is 2. The van der Waals surface area contributed by atoms with E-state index < -0.39 is 0 Å². The number of rotatable bonds is 5. The van der Waals surface area contributed by atoms with E-state index in [4.69, 9.17) is 0 Å². The van der Waals surface area contributed by atoms with Crippen molar-refractivity contribution >= 4 is 5.57 Å². The van der Waals surface area contributed by atoms with Crippen LogP contribution in [0.4, 0.5) is 0 Å². The summed E-state index contributed by atoms with van der Waals surface area (Å²) in [5, 5.41) is 3.50. The average molecular weight is 237 g/mol. The molecule has 0 aliphatic heterocycles. The fourth-order valence-corrected chi connectivity index (χ4v) is 1.91. The summed E-state index contributed by atoms with van der Waals surface area (Å²) >= 11 is 0. The van der Waals surface area contributed by atoms with Gasteiger partial charge in [-0.2, -0.15) is 0 Å². The normalized spacial score (nSPS) is 12.1. The zero-order valence-corrected chi connectivity index (χ0v) is 10.8. The molecule has 92 valence electrons. The molecule has 0 saturated carbocycles. The fraction of sp³-hybridized carbons (Fsp3) is 0.176. The minimum Gasteiger partial charge on any atom is -0.306 e. The molecule has 2 aromatic carbocycles. The van der Waals surface area contributed by atoms with Gasteiger partial charge in [-0.05, 0) is 23.6 Å². The van der Waals surface area contributed by atoms with Crippen LogP contribution in [0.15, 0.2) is 67.2 Å². The zero-order chi connectivity index (χ0) is 12.8. The van der Waals surface area contributed by atoms with E-state index in [1.807, 2.05) is 24.3 Å². The Balaban J connectivity index is 1.91. The van der Waals surface area contributed by atoms with Gasteiger partial charge in [-0.3, -0.25) is 0 Å². The van der Waals surface area contributed by atoms with Gasteiger partial charge in [0, 0.05) is 12.6 Å². The number of nitrogens with one attached hydrogen (secondary N) is 1. The van der Waals surface area contributed by atoms with Gasteiger partial charge in [0.2, 0.25) is 0 Å². The van der Waals surface area contributed by atoms with Crippen LogP contribution in [0.25, 0.3) is 5.57 Å². The van der Waals surface area contributed by atoms with Gasteiger partial charge in [0.05, 0.1) is 0 Å². The van der Waals surface area contributed by atoms with E-state index in [1.165, 1.54) is 11.1 Å². The van der Waals surface area contributed by atoms with Gasteiger partial charge in [0.15, 0.2) is 0 Å². The van der Waals surface area contributed by atoms with Crippen LogP contribution in [0.2, 0.25) is 0 Å². The number of hydrogen-bond donors (Lipinski definition) is 1. The molecule has 1 atom stereocenters. The van der Waals surface area contributed by atoms with Gasteiger partial charge >= 0.3 is 0 Å². The predicted molar refractivity (Wildman–Crippen MR) is 78.3 cm³/mol. The Labute approximate surface area is 109 Å². The summed E-state index contributed by atoms with van der Waals surface area (Å²) < 4.78 is 0. The quantitative estimate of drug-likeness (QED) is 0.827. The lowest BCUT2D eigenvalue weighted by Gasteiger charge is -2.15. The molecule has 0 amide bonds. The molecule has 0 aromatic heterocycles. The monoisotopic (exact) mass is 237 g/mol. The summed E-state index contributed by atoms with van der Waals surface area (Å²) in [5.41, 5.74) is 3.63. The van der Waals surface area contributed by atoms with Crippen molar-refractivity contribution in [1.29, 1.82) is 0 Å². The SMILES string of the molecule is C=C(CN[C@@H](C)c1ccccc1)c1ccccc1. The molecular weight excluding hydrogens is 218 g/mol. The highest BCUT2D eigenvalue weighted by Crippen LogP contribution is 2.14. The van der Waals surface area contributed by atoms with Crippen molar-refractivity contribution in [3.8, 4) is 0 Å². The third-order valence-corrected chi connectivity index (χ3v) is 3.10. The highest BCUT2D eigenvalue weighted by Gasteiger charge is 2.04. The smallest absolute Gasteiger partial charge is 0.0294 e. The van der Waals surface area contributed by atoms with Crippen LogP contribution in [0.3, 0.4) is 0 Å². The van der Waals surface area contributed by atoms with Gasteiger partial charge < -0.3 is 5.32 Å². The maximum Gasteiger partial charge on any atom is 0.0294 e. The molecule has 0 fully saturated rings. The molecule has 0 radical (unpaired) electrons. The molecule has 1 N–H and O–H groups in total. The molecule has 2 aromatic rings. The third-order valence-electron chi connectivity index (χ3n) is 3.10. The third kappa shape index (κ3) is 3.31. The predicted octanol–water partition coefficient (Wildman–Crippen LogP) is 4.05. The van der Waals surface area contributed by atoms with E-state index in [9.17, 15) is 0 Å². The summed E-state index contributed by atoms with van der Waals surface area (Å²) in [6.45, 7) is 7.11. The van der Waals surface area contributed by atoms with Gasteiger partial charge in [-0.1, -0.05) is 67.2 Å². The highest BCUT2D eigenvalue weighted by atomic mass is 14.9. The second kappa shape index (κ2) is 6.18. The number of hydrogen-bond acceptors (Lipinski definition) is 1. The maximum absolute atomic E-state index is 4.13. The fourth-order valence-electron chi connectivity index (χ4n) is 1.91. The summed E-state index contributed by atoms with van der Waals surface area (Å²) in [6, 6.07) is 21.1. The molecule has 18 heavy (non-hydrogen) atoms. The Hall–Kier alpha value is -1.86. The standard InChI is InChI=1S/C17H19N/c1-14(16-9-5-3-6-10-16)13-18-15(2)17-11-7-4-8-12-17/h3-12,15,18H,1,13H2,2H3/t15-/m0/s1. The largest absolute Gasteiger partial charge is 0.306 e. The van der Waals surface area contributed by atoms with Crippen LogP contribution in [0.5, 0.6) is 0 Å². The van der Waals surface area contributed by atoms with Gasteiger partial charge in [-0.15, -0.1) is 0 Å². The van der Waals surface area contributed by atoms with E-state index in [1.54, 1.807) is 0 Å². The Morgan fingerprint density at radius 1 is 1.00 bits per heavy atom. The van der Waals surface area contributed by atoms with Crippen molar-refractivity contribution in [2.75, 3.05) is 6.54 Å². The van der Waals surface area contributed by atoms with Crippen LogP contribution < -0.4 is 5.32 Å². The first-order valence-corrected chi connectivity index (χ1v) is 6.29. The second-order valence-corrected chi connectivity index (χ2v) is 4.48. The molecule has 0 aliphatic rings. The molecule has 1 heteroatoms. The molecule has 0 saturated heterocycles. The summed E-state index contributed by atoms with van der Waals surface area (Å²) in [5.74, 6) is 0. The van der Waals surface area contributed by atoms with E-state index in [-0.39, 0.29) is 0 Å². The maximum atomic E-state index is 4.13. The minimum atomic E-state index is 0.340. The van der Waals surface area contributed by atoms with Crippen LogP contribution in [-0.2, 0) is 0 Å². The van der Waals surface area contributed by atoms with E-state index in [0.717, 1.165) is 12.1 Å². The lowest BCUT2D eigenvalue weighted by molar-refractivity contribution is 0.622. The van der Waals surface area contributed by atoms with Crippen molar-refractivity contribution in [2.45, 2.75) is 13.0 Å².